The van der Waals surface area contributed by atoms with Gasteiger partial charge in [-0.2, -0.15) is 0 Å². The Labute approximate surface area is 125 Å². The van der Waals surface area contributed by atoms with Crippen molar-refractivity contribution in [3.8, 4) is 5.75 Å². The van der Waals surface area contributed by atoms with Crippen molar-refractivity contribution in [2.24, 2.45) is 10.7 Å². The van der Waals surface area contributed by atoms with Crippen LogP contribution in [0.2, 0.25) is 0 Å². The first kappa shape index (κ1) is 16.9. The lowest BCUT2D eigenvalue weighted by atomic mass is 10.1. The molecular weight excluding hydrogens is 343 g/mol. The zero-order valence-electron chi connectivity index (χ0n) is 11.0. The van der Waals surface area contributed by atoms with Gasteiger partial charge in [0.1, 0.15) is 12.4 Å². The molecule has 0 aliphatic carbocycles. The number of nitrogens with zero attached hydrogens (tertiary/aromatic N) is 2. The van der Waals surface area contributed by atoms with Gasteiger partial charge in [-0.05, 0) is 32.9 Å². The summed E-state index contributed by atoms with van der Waals surface area (Å²) in [6.45, 7) is 7.09. The molecule has 0 atom stereocenters. The van der Waals surface area contributed by atoms with Crippen molar-refractivity contribution < 1.29 is 4.74 Å². The second-order valence-electron chi connectivity index (χ2n) is 4.68. The average Bonchev–Trinajstić information content (AvgIpc) is 2.23. The van der Waals surface area contributed by atoms with Crippen molar-refractivity contribution in [1.82, 2.24) is 10.3 Å². The zero-order valence-corrected chi connectivity index (χ0v) is 13.3. The summed E-state index contributed by atoms with van der Waals surface area (Å²) in [6.07, 6.45) is 3.37. The number of hydrogen-bond acceptors (Lipinski definition) is 3. The van der Waals surface area contributed by atoms with E-state index >= 15 is 0 Å². The zero-order chi connectivity index (χ0) is 12.7. The van der Waals surface area contributed by atoms with Crippen LogP contribution in [0.1, 0.15) is 20.8 Å². The van der Waals surface area contributed by atoms with E-state index in [1.807, 2.05) is 32.9 Å². The third-order valence-electron chi connectivity index (χ3n) is 1.78. The Hall–Kier alpha value is -1.05. The quantitative estimate of drug-likeness (QED) is 0.370. The average molecular weight is 364 g/mol. The molecule has 0 bridgehead atoms. The van der Waals surface area contributed by atoms with E-state index in [-0.39, 0.29) is 29.5 Å². The molecule has 0 saturated heterocycles. The predicted octanol–water partition coefficient (Wildman–Crippen LogP) is 1.78. The monoisotopic (exact) mass is 364 g/mol. The largest absolute Gasteiger partial charge is 0.490 e. The second-order valence-corrected chi connectivity index (χ2v) is 4.68. The molecule has 6 heteroatoms. The Morgan fingerprint density at radius 3 is 2.78 bits per heavy atom. The summed E-state index contributed by atoms with van der Waals surface area (Å²) in [6, 6.07) is 3.68. The van der Waals surface area contributed by atoms with E-state index in [1.165, 1.54) is 0 Å². The Bertz CT molecular complexity index is 362. The number of pyridine rings is 1. The van der Waals surface area contributed by atoms with Gasteiger partial charge >= 0.3 is 0 Å². The number of halogens is 1. The van der Waals surface area contributed by atoms with Crippen LogP contribution in [0.4, 0.5) is 0 Å². The fourth-order valence-electron chi connectivity index (χ4n) is 1.19. The summed E-state index contributed by atoms with van der Waals surface area (Å²) in [5, 5.41) is 3.08. The van der Waals surface area contributed by atoms with Crippen LogP contribution in [0, 0.1) is 0 Å². The molecule has 0 spiro atoms. The van der Waals surface area contributed by atoms with Gasteiger partial charge in [-0.25, -0.2) is 4.99 Å². The van der Waals surface area contributed by atoms with Crippen LogP contribution in [0.5, 0.6) is 5.75 Å². The fraction of sp³-hybridized carbons (Fsp3) is 0.500. The number of rotatable bonds is 4. The van der Waals surface area contributed by atoms with E-state index in [4.69, 9.17) is 10.5 Å². The van der Waals surface area contributed by atoms with Gasteiger partial charge < -0.3 is 15.8 Å². The van der Waals surface area contributed by atoms with Gasteiger partial charge in [0, 0.05) is 11.7 Å². The molecule has 0 unspecified atom stereocenters. The topological polar surface area (TPSA) is 72.5 Å². The van der Waals surface area contributed by atoms with E-state index in [2.05, 4.69) is 15.3 Å². The summed E-state index contributed by atoms with van der Waals surface area (Å²) >= 11 is 0. The highest BCUT2D eigenvalue weighted by molar-refractivity contribution is 14.0. The minimum Gasteiger partial charge on any atom is -0.490 e. The number of aromatic nitrogens is 1. The van der Waals surface area contributed by atoms with Crippen LogP contribution in [0.3, 0.4) is 0 Å². The summed E-state index contributed by atoms with van der Waals surface area (Å²) in [5.41, 5.74) is 5.64. The first-order valence-corrected chi connectivity index (χ1v) is 5.58. The van der Waals surface area contributed by atoms with Gasteiger partial charge in [-0.15, -0.1) is 24.0 Å². The van der Waals surface area contributed by atoms with Gasteiger partial charge in [0.15, 0.2) is 5.96 Å². The normalized spacial score (nSPS) is 11.6. The summed E-state index contributed by atoms with van der Waals surface area (Å²) in [5.74, 6) is 1.18. The molecule has 0 aromatic carbocycles. The maximum Gasteiger partial charge on any atom is 0.189 e. The van der Waals surface area contributed by atoms with Gasteiger partial charge in [-0.3, -0.25) is 4.98 Å². The first-order chi connectivity index (χ1) is 7.97. The molecule has 0 radical (unpaired) electrons. The van der Waals surface area contributed by atoms with Gasteiger partial charge in [0.25, 0.3) is 0 Å². The smallest absolute Gasteiger partial charge is 0.189 e. The number of nitrogens with two attached hydrogens (primary N) is 1. The maximum atomic E-state index is 5.71. The number of hydrogen-bond donors (Lipinski definition) is 2. The molecule has 1 heterocycles. The Morgan fingerprint density at radius 1 is 1.50 bits per heavy atom. The van der Waals surface area contributed by atoms with Crippen LogP contribution in [-0.2, 0) is 0 Å². The fourth-order valence-corrected chi connectivity index (χ4v) is 1.19. The van der Waals surface area contributed by atoms with Gasteiger partial charge in [-0.1, -0.05) is 0 Å². The molecule has 0 aliphatic rings. The van der Waals surface area contributed by atoms with Crippen LogP contribution < -0.4 is 15.8 Å². The number of guanidine groups is 1. The lowest BCUT2D eigenvalue weighted by Crippen LogP contribution is -2.45. The summed E-state index contributed by atoms with van der Waals surface area (Å²) in [4.78, 5) is 8.11. The minimum atomic E-state index is -0.0716. The highest BCUT2D eigenvalue weighted by atomic mass is 127. The number of nitrogens with one attached hydrogen (secondary N) is 1. The van der Waals surface area contributed by atoms with E-state index in [9.17, 15) is 0 Å². The lowest BCUT2D eigenvalue weighted by molar-refractivity contribution is 0.327. The van der Waals surface area contributed by atoms with Crippen molar-refractivity contribution in [2.45, 2.75) is 26.3 Å². The van der Waals surface area contributed by atoms with Crippen LogP contribution >= 0.6 is 24.0 Å². The van der Waals surface area contributed by atoms with Crippen LogP contribution in [0.15, 0.2) is 29.5 Å². The van der Waals surface area contributed by atoms with E-state index in [0.717, 1.165) is 5.75 Å². The van der Waals surface area contributed by atoms with Gasteiger partial charge in [0.2, 0.25) is 0 Å². The first-order valence-electron chi connectivity index (χ1n) is 5.58. The Morgan fingerprint density at radius 2 is 2.22 bits per heavy atom. The van der Waals surface area contributed by atoms with E-state index in [1.54, 1.807) is 12.4 Å². The SMILES string of the molecule is CC(C)(C)NC(N)=NCCOc1cccnc1.I. The minimum absolute atomic E-state index is 0. The molecular formula is C12H21IN4O. The van der Waals surface area contributed by atoms with E-state index in [0.29, 0.717) is 19.1 Å². The molecule has 0 amide bonds. The van der Waals surface area contributed by atoms with Crippen molar-refractivity contribution in [3.05, 3.63) is 24.5 Å². The number of aliphatic imine (C=N–C) groups is 1. The van der Waals surface area contributed by atoms with Gasteiger partial charge in [0.05, 0.1) is 12.7 Å². The molecule has 0 saturated carbocycles. The lowest BCUT2D eigenvalue weighted by Gasteiger charge is -2.20. The molecule has 0 fully saturated rings. The molecule has 5 nitrogen and oxygen atoms in total. The van der Waals surface area contributed by atoms with Crippen LogP contribution in [0.25, 0.3) is 0 Å². The molecule has 0 aliphatic heterocycles. The molecule has 1 aromatic heterocycles. The molecule has 102 valence electrons. The van der Waals surface area contributed by atoms with Crippen LogP contribution in [-0.4, -0.2) is 29.6 Å². The number of ether oxygens (including phenoxy) is 1. The molecule has 1 aromatic rings. The van der Waals surface area contributed by atoms with E-state index < -0.39 is 0 Å². The molecule has 1 rings (SSSR count). The van der Waals surface area contributed by atoms with Crippen molar-refractivity contribution in [3.63, 3.8) is 0 Å². The predicted molar refractivity (Wildman–Crippen MR) is 84.5 cm³/mol. The van der Waals surface area contributed by atoms with Crippen molar-refractivity contribution in [2.75, 3.05) is 13.2 Å². The summed E-state index contributed by atoms with van der Waals surface area (Å²) in [7, 11) is 0. The highest BCUT2D eigenvalue weighted by Crippen LogP contribution is 2.05. The molecule has 18 heavy (non-hydrogen) atoms. The van der Waals surface area contributed by atoms with Crippen molar-refractivity contribution in [1.29, 1.82) is 0 Å². The maximum absolute atomic E-state index is 5.71. The Kier molecular flexibility index (Phi) is 7.65. The Balaban J connectivity index is 0.00000289. The second kappa shape index (κ2) is 8.12. The summed E-state index contributed by atoms with van der Waals surface area (Å²) < 4.78 is 5.43. The highest BCUT2D eigenvalue weighted by Gasteiger charge is 2.09. The third-order valence-corrected chi connectivity index (χ3v) is 1.78. The molecule has 3 N–H and O–H groups in total. The third kappa shape index (κ3) is 8.10. The van der Waals surface area contributed by atoms with Crippen molar-refractivity contribution >= 4 is 29.9 Å². The standard InChI is InChI=1S/C12H20N4O.HI/c1-12(2,3)16-11(13)15-7-8-17-10-5-4-6-14-9-10;/h4-6,9H,7-8H2,1-3H3,(H3,13,15,16);1H.